The number of piperidine rings is 1. The number of nitrogens with zero attached hydrogens (tertiary/aromatic N) is 1. The Morgan fingerprint density at radius 1 is 1.24 bits per heavy atom. The number of carbonyl (C=O) groups excluding carboxylic acids is 1. The standard InChI is InChI=1S/C11H19NO4S/c13-8-10-3-5-12(6-4-10)17(14,15)9-11-2-1-7-16-11/h8,10-11H,1-7,9H2. The van der Waals surface area contributed by atoms with Gasteiger partial charge in [0.1, 0.15) is 6.29 Å². The summed E-state index contributed by atoms with van der Waals surface area (Å²) in [5, 5.41) is 0. The van der Waals surface area contributed by atoms with Crippen molar-refractivity contribution in [3.8, 4) is 0 Å². The number of sulfonamides is 1. The van der Waals surface area contributed by atoms with Crippen LogP contribution in [0.4, 0.5) is 0 Å². The molecule has 17 heavy (non-hydrogen) atoms. The quantitative estimate of drug-likeness (QED) is 0.687. The Morgan fingerprint density at radius 2 is 1.94 bits per heavy atom. The van der Waals surface area contributed by atoms with Crippen LogP contribution in [0.5, 0.6) is 0 Å². The van der Waals surface area contributed by atoms with Crippen LogP contribution >= 0.6 is 0 Å². The average molecular weight is 261 g/mol. The van der Waals surface area contributed by atoms with E-state index in [0.29, 0.717) is 32.5 Å². The van der Waals surface area contributed by atoms with Crippen molar-refractivity contribution in [1.82, 2.24) is 4.31 Å². The predicted molar refractivity (Wildman–Crippen MR) is 63.1 cm³/mol. The van der Waals surface area contributed by atoms with Gasteiger partial charge in [0.05, 0.1) is 11.9 Å². The molecule has 0 aromatic rings. The molecule has 2 saturated heterocycles. The van der Waals surface area contributed by atoms with Crippen LogP contribution in [0.3, 0.4) is 0 Å². The molecule has 0 radical (unpaired) electrons. The second-order valence-corrected chi connectivity index (χ2v) is 6.80. The SMILES string of the molecule is O=CC1CCN(S(=O)(=O)CC2CCCO2)CC1. The first kappa shape index (κ1) is 13.0. The fraction of sp³-hybridized carbons (Fsp3) is 0.909. The number of hydrogen-bond donors (Lipinski definition) is 0. The summed E-state index contributed by atoms with van der Waals surface area (Å²) in [5.41, 5.74) is 0. The van der Waals surface area contributed by atoms with Gasteiger partial charge in [0.15, 0.2) is 0 Å². The van der Waals surface area contributed by atoms with Crippen LogP contribution in [-0.4, -0.2) is 50.6 Å². The lowest BCUT2D eigenvalue weighted by atomic mass is 10.0. The smallest absolute Gasteiger partial charge is 0.216 e. The number of ether oxygens (including phenoxy) is 1. The molecule has 0 amide bonds. The van der Waals surface area contributed by atoms with Crippen LogP contribution < -0.4 is 0 Å². The molecule has 6 heteroatoms. The molecule has 0 aromatic heterocycles. The highest BCUT2D eigenvalue weighted by molar-refractivity contribution is 7.89. The third-order valence-electron chi connectivity index (χ3n) is 3.50. The Kier molecular flexibility index (Phi) is 4.17. The number of rotatable bonds is 4. The topological polar surface area (TPSA) is 63.7 Å². The van der Waals surface area contributed by atoms with Crippen LogP contribution in [0.25, 0.3) is 0 Å². The third-order valence-corrected chi connectivity index (χ3v) is 5.45. The molecular formula is C11H19NO4S. The molecule has 2 heterocycles. The third kappa shape index (κ3) is 3.26. The van der Waals surface area contributed by atoms with E-state index < -0.39 is 10.0 Å². The molecule has 0 aromatic carbocycles. The zero-order chi connectivity index (χ0) is 12.3. The number of aldehydes is 1. The van der Waals surface area contributed by atoms with Crippen LogP contribution in [0.15, 0.2) is 0 Å². The van der Waals surface area contributed by atoms with Gasteiger partial charge in [-0.05, 0) is 25.7 Å². The normalized spacial score (nSPS) is 28.4. The van der Waals surface area contributed by atoms with Crippen molar-refractivity contribution in [2.24, 2.45) is 5.92 Å². The molecule has 1 atom stereocenters. The molecule has 0 bridgehead atoms. The minimum absolute atomic E-state index is 0.0316. The van der Waals surface area contributed by atoms with Gasteiger partial charge in [-0.15, -0.1) is 0 Å². The molecule has 2 aliphatic heterocycles. The van der Waals surface area contributed by atoms with Gasteiger partial charge in [0.2, 0.25) is 10.0 Å². The molecular weight excluding hydrogens is 242 g/mol. The first-order chi connectivity index (χ1) is 8.12. The van der Waals surface area contributed by atoms with Gasteiger partial charge in [-0.3, -0.25) is 0 Å². The fourth-order valence-corrected chi connectivity index (χ4v) is 4.12. The monoisotopic (exact) mass is 261 g/mol. The minimum atomic E-state index is -3.21. The second kappa shape index (κ2) is 5.46. The molecule has 0 saturated carbocycles. The van der Waals surface area contributed by atoms with Crippen LogP contribution in [-0.2, 0) is 19.6 Å². The molecule has 2 aliphatic rings. The highest BCUT2D eigenvalue weighted by Gasteiger charge is 2.31. The molecule has 2 rings (SSSR count). The van der Waals surface area contributed by atoms with E-state index in [4.69, 9.17) is 4.74 Å². The number of hydrogen-bond acceptors (Lipinski definition) is 4. The van der Waals surface area contributed by atoms with Gasteiger partial charge in [-0.1, -0.05) is 0 Å². The van der Waals surface area contributed by atoms with Gasteiger partial charge in [-0.25, -0.2) is 12.7 Å². The van der Waals surface area contributed by atoms with E-state index in [0.717, 1.165) is 19.1 Å². The van der Waals surface area contributed by atoms with Crippen molar-refractivity contribution in [1.29, 1.82) is 0 Å². The van der Waals surface area contributed by atoms with Crippen molar-refractivity contribution in [2.45, 2.75) is 31.8 Å². The fourth-order valence-electron chi connectivity index (χ4n) is 2.41. The molecule has 1 unspecified atom stereocenters. The Morgan fingerprint density at radius 3 is 2.47 bits per heavy atom. The largest absolute Gasteiger partial charge is 0.377 e. The van der Waals surface area contributed by atoms with Gasteiger partial charge in [0, 0.05) is 25.6 Å². The molecule has 0 aliphatic carbocycles. The van der Waals surface area contributed by atoms with Gasteiger partial charge >= 0.3 is 0 Å². The van der Waals surface area contributed by atoms with E-state index >= 15 is 0 Å². The van der Waals surface area contributed by atoms with Crippen molar-refractivity contribution in [3.63, 3.8) is 0 Å². The molecule has 5 nitrogen and oxygen atoms in total. The lowest BCUT2D eigenvalue weighted by Gasteiger charge is -2.29. The van der Waals surface area contributed by atoms with Crippen molar-refractivity contribution in [3.05, 3.63) is 0 Å². The Bertz CT molecular complexity index is 354. The van der Waals surface area contributed by atoms with Crippen molar-refractivity contribution >= 4 is 16.3 Å². The maximum absolute atomic E-state index is 12.1. The van der Waals surface area contributed by atoms with Crippen LogP contribution in [0, 0.1) is 5.92 Å². The first-order valence-corrected chi connectivity index (χ1v) is 7.77. The second-order valence-electron chi connectivity index (χ2n) is 4.79. The van der Waals surface area contributed by atoms with Gasteiger partial charge < -0.3 is 9.53 Å². The minimum Gasteiger partial charge on any atom is -0.377 e. The summed E-state index contributed by atoms with van der Waals surface area (Å²) in [6.45, 7) is 1.62. The van der Waals surface area contributed by atoms with E-state index in [9.17, 15) is 13.2 Å². The maximum atomic E-state index is 12.1. The van der Waals surface area contributed by atoms with E-state index in [1.54, 1.807) is 0 Å². The molecule has 2 fully saturated rings. The van der Waals surface area contributed by atoms with Gasteiger partial charge in [0.25, 0.3) is 0 Å². The summed E-state index contributed by atoms with van der Waals surface area (Å²) < 4.78 is 31.1. The summed E-state index contributed by atoms with van der Waals surface area (Å²) in [6, 6.07) is 0. The van der Waals surface area contributed by atoms with Gasteiger partial charge in [-0.2, -0.15) is 0 Å². The van der Waals surface area contributed by atoms with Crippen molar-refractivity contribution < 1.29 is 17.9 Å². The van der Waals surface area contributed by atoms with E-state index in [-0.39, 0.29) is 17.8 Å². The summed E-state index contributed by atoms with van der Waals surface area (Å²) >= 11 is 0. The zero-order valence-electron chi connectivity index (χ0n) is 9.88. The van der Waals surface area contributed by atoms with Crippen molar-refractivity contribution in [2.75, 3.05) is 25.4 Å². The highest BCUT2D eigenvalue weighted by atomic mass is 32.2. The van der Waals surface area contributed by atoms with E-state index in [2.05, 4.69) is 0 Å². The maximum Gasteiger partial charge on any atom is 0.216 e. The van der Waals surface area contributed by atoms with Crippen LogP contribution in [0.2, 0.25) is 0 Å². The zero-order valence-corrected chi connectivity index (χ0v) is 10.7. The lowest BCUT2D eigenvalue weighted by molar-refractivity contribution is -0.112. The summed E-state index contributed by atoms with van der Waals surface area (Å²) in [6.07, 6.45) is 3.88. The first-order valence-electron chi connectivity index (χ1n) is 6.16. The Hall–Kier alpha value is -0.460. The molecule has 0 spiro atoms. The lowest BCUT2D eigenvalue weighted by Crippen LogP contribution is -2.42. The Balaban J connectivity index is 1.89. The molecule has 0 N–H and O–H groups in total. The number of carbonyl (C=O) groups is 1. The van der Waals surface area contributed by atoms with E-state index in [1.807, 2.05) is 0 Å². The summed E-state index contributed by atoms with van der Waals surface area (Å²) in [5.74, 6) is 0.128. The van der Waals surface area contributed by atoms with Crippen LogP contribution in [0.1, 0.15) is 25.7 Å². The average Bonchev–Trinajstić information content (AvgIpc) is 2.81. The van der Waals surface area contributed by atoms with E-state index in [1.165, 1.54) is 4.31 Å². The summed E-state index contributed by atoms with van der Waals surface area (Å²) in [7, 11) is -3.21. The Labute approximate surface area is 102 Å². The summed E-state index contributed by atoms with van der Waals surface area (Å²) in [4.78, 5) is 10.6. The highest BCUT2D eigenvalue weighted by Crippen LogP contribution is 2.21. The predicted octanol–water partition coefficient (Wildman–Crippen LogP) is 0.406. The molecule has 98 valence electrons.